The first-order chi connectivity index (χ1) is 12.4. The van der Waals surface area contributed by atoms with Gasteiger partial charge in [-0.3, -0.25) is 0 Å². The quantitative estimate of drug-likeness (QED) is 0.339. The van der Waals surface area contributed by atoms with Crippen molar-refractivity contribution in [1.29, 1.82) is 0 Å². The minimum Gasteiger partial charge on any atom is -1.00 e. The van der Waals surface area contributed by atoms with Crippen LogP contribution in [0.4, 0.5) is 5.69 Å². The van der Waals surface area contributed by atoms with Crippen molar-refractivity contribution in [1.82, 2.24) is 5.01 Å². The molecule has 1 heterocycles. The summed E-state index contributed by atoms with van der Waals surface area (Å²) in [5, 5.41) is 6.52. The van der Waals surface area contributed by atoms with Crippen LogP contribution in [0.2, 0.25) is 0 Å². The highest BCUT2D eigenvalue weighted by molar-refractivity contribution is 5.80. The van der Waals surface area contributed by atoms with Crippen LogP contribution in [0.1, 0.15) is 84.0 Å². The highest BCUT2D eigenvalue weighted by atomic mass is 79.9. The van der Waals surface area contributed by atoms with Crippen molar-refractivity contribution in [3.63, 3.8) is 0 Å². The van der Waals surface area contributed by atoms with Crippen molar-refractivity contribution >= 4 is 12.0 Å². The van der Waals surface area contributed by atoms with E-state index in [-0.39, 0.29) is 17.0 Å². The third-order valence-electron chi connectivity index (χ3n) is 4.95. The largest absolute Gasteiger partial charge is 1.00 e. The lowest BCUT2D eigenvalue weighted by Crippen LogP contribution is -3.00. The van der Waals surface area contributed by atoms with Crippen molar-refractivity contribution in [3.8, 4) is 0 Å². The molecule has 146 valence electrons. The molecule has 0 bridgehead atoms. The average Bonchev–Trinajstić information content (AvgIpc) is 3.12. The number of rotatable bonds is 14. The van der Waals surface area contributed by atoms with E-state index in [0.29, 0.717) is 0 Å². The molecule has 0 radical (unpaired) electrons. The summed E-state index contributed by atoms with van der Waals surface area (Å²) in [6, 6.07) is 10.4. The Morgan fingerprint density at radius 3 is 1.92 bits per heavy atom. The Morgan fingerprint density at radius 1 is 0.808 bits per heavy atom. The number of benzene rings is 1. The van der Waals surface area contributed by atoms with Gasteiger partial charge in [0, 0.05) is 23.8 Å². The van der Waals surface area contributed by atoms with Crippen LogP contribution in [0.15, 0.2) is 35.4 Å². The molecule has 0 N–H and O–H groups in total. The zero-order chi connectivity index (χ0) is 17.6. The van der Waals surface area contributed by atoms with Gasteiger partial charge in [-0.2, -0.15) is 0 Å². The number of hydrogen-bond acceptors (Lipinski definition) is 3. The second kappa shape index (κ2) is 15.0. The summed E-state index contributed by atoms with van der Waals surface area (Å²) in [5.74, 6) is 0. The Hall–Kier alpha value is -1.12. The summed E-state index contributed by atoms with van der Waals surface area (Å²) in [7, 11) is 0. The van der Waals surface area contributed by atoms with E-state index in [4.69, 9.17) is 0 Å². The van der Waals surface area contributed by atoms with Gasteiger partial charge in [0.1, 0.15) is 0 Å². The second-order valence-corrected chi connectivity index (χ2v) is 7.22. The van der Waals surface area contributed by atoms with Gasteiger partial charge in [0.15, 0.2) is 12.4 Å². The molecule has 4 heteroatoms. The minimum absolute atomic E-state index is 0. The Balaban J connectivity index is 0.00000338. The van der Waals surface area contributed by atoms with Crippen LogP contribution in [0, 0.1) is 0 Å². The summed E-state index contributed by atoms with van der Waals surface area (Å²) >= 11 is 0. The summed E-state index contributed by atoms with van der Waals surface area (Å²) in [5.41, 5.74) is 1.17. The molecule has 0 aliphatic carbocycles. The minimum atomic E-state index is 0. The van der Waals surface area contributed by atoms with Crippen LogP contribution in [0.3, 0.4) is 0 Å². The van der Waals surface area contributed by atoms with E-state index in [0.717, 1.165) is 13.2 Å². The average molecular weight is 422 g/mol. The van der Waals surface area contributed by atoms with Crippen LogP contribution in [-0.4, -0.2) is 24.6 Å². The van der Waals surface area contributed by atoms with Crippen molar-refractivity contribution in [2.24, 2.45) is 5.10 Å². The number of para-hydroxylation sites is 1. The van der Waals surface area contributed by atoms with Crippen molar-refractivity contribution < 1.29 is 17.0 Å². The number of hydrogen-bond donors (Lipinski definition) is 0. The van der Waals surface area contributed by atoms with E-state index in [1.165, 1.54) is 82.7 Å². The van der Waals surface area contributed by atoms with E-state index < -0.39 is 0 Å². The lowest BCUT2D eigenvalue weighted by molar-refractivity contribution is -0.00000532. The number of anilines is 1. The van der Waals surface area contributed by atoms with Crippen LogP contribution in [-0.2, 0) is 0 Å². The summed E-state index contributed by atoms with van der Waals surface area (Å²) in [6.07, 6.45) is 19.8. The van der Waals surface area contributed by atoms with Crippen LogP contribution in [0.25, 0.3) is 0 Å². The van der Waals surface area contributed by atoms with Gasteiger partial charge >= 0.3 is 6.34 Å². The van der Waals surface area contributed by atoms with Gasteiger partial charge in [-0.05, 0) is 18.6 Å². The van der Waals surface area contributed by atoms with Gasteiger partial charge in [-0.15, -0.1) is 4.90 Å². The van der Waals surface area contributed by atoms with Crippen LogP contribution in [0.5, 0.6) is 0 Å². The molecule has 1 aliphatic rings. The monoisotopic (exact) mass is 421 g/mol. The van der Waals surface area contributed by atoms with E-state index in [2.05, 4.69) is 52.5 Å². The smallest absolute Gasteiger partial charge is 0.343 e. The molecule has 0 atom stereocenters. The van der Waals surface area contributed by atoms with Gasteiger partial charge in [-0.1, -0.05) is 83.6 Å². The van der Waals surface area contributed by atoms with E-state index in [9.17, 15) is 0 Å². The Labute approximate surface area is 171 Å². The molecule has 0 fully saturated rings. The Morgan fingerprint density at radius 2 is 1.35 bits per heavy atom. The summed E-state index contributed by atoms with van der Waals surface area (Å²) in [6.45, 7) is 4.17. The predicted molar refractivity (Wildman–Crippen MR) is 109 cm³/mol. The summed E-state index contributed by atoms with van der Waals surface area (Å²) < 4.78 is 0. The molecule has 3 nitrogen and oxygen atoms in total. The molecule has 0 spiro atoms. The number of unbranched alkanes of at least 4 members (excludes halogenated alkanes) is 11. The zero-order valence-electron chi connectivity index (χ0n) is 16.5. The third kappa shape index (κ3) is 9.54. The molecule has 0 amide bonds. The molecular formula is C22H36BrN3. The maximum Gasteiger partial charge on any atom is 0.343 e. The highest BCUT2D eigenvalue weighted by Crippen LogP contribution is 2.17. The topological polar surface area (TPSA) is 18.8 Å². The van der Waals surface area contributed by atoms with E-state index in [1.54, 1.807) is 0 Å². The summed E-state index contributed by atoms with van der Waals surface area (Å²) in [4.78, 5) is 2.08. The van der Waals surface area contributed by atoms with Crippen LogP contribution >= 0.6 is 0 Å². The van der Waals surface area contributed by atoms with Crippen molar-refractivity contribution in [2.75, 3.05) is 18.1 Å². The standard InChI is InChI=1S/C22H36N3.BrH/c1-2-3-4-5-6-7-8-9-10-11-12-16-19-25-21-24(20-23-25)22-17-14-13-15-18-22;/h13-15,17-18H,2-12,16,19,21H2,1H3;1H/q+1;/p-1. The fourth-order valence-corrected chi connectivity index (χ4v) is 3.35. The van der Waals surface area contributed by atoms with Crippen molar-refractivity contribution in [3.05, 3.63) is 30.3 Å². The number of hydrazone groups is 1. The first-order valence-corrected chi connectivity index (χ1v) is 10.4. The van der Waals surface area contributed by atoms with Gasteiger partial charge in [0.25, 0.3) is 0 Å². The van der Waals surface area contributed by atoms with Gasteiger partial charge in [-0.25, -0.2) is 5.01 Å². The van der Waals surface area contributed by atoms with E-state index >= 15 is 0 Å². The SMILES string of the molecule is CCCCCCCCCCCCCCN1CN(c2ccccc2)[C+]=N1.[Br-]. The first kappa shape index (κ1) is 22.9. The maximum absolute atomic E-state index is 4.39. The first-order valence-electron chi connectivity index (χ1n) is 10.4. The lowest BCUT2D eigenvalue weighted by Gasteiger charge is -2.11. The van der Waals surface area contributed by atoms with E-state index in [1.807, 2.05) is 6.07 Å². The molecule has 0 unspecified atom stereocenters. The zero-order valence-corrected chi connectivity index (χ0v) is 18.1. The van der Waals surface area contributed by atoms with Gasteiger partial charge < -0.3 is 17.0 Å². The molecule has 0 saturated heterocycles. The molecular weight excluding hydrogens is 386 g/mol. The normalized spacial score (nSPS) is 13.0. The van der Waals surface area contributed by atoms with Gasteiger partial charge in [0.05, 0.1) is 0 Å². The molecule has 0 aromatic heterocycles. The molecule has 26 heavy (non-hydrogen) atoms. The lowest BCUT2D eigenvalue weighted by atomic mass is 10.1. The molecule has 0 saturated carbocycles. The maximum atomic E-state index is 4.39. The third-order valence-corrected chi connectivity index (χ3v) is 4.95. The molecule has 1 aromatic carbocycles. The molecule has 2 rings (SSSR count). The fourth-order valence-electron chi connectivity index (χ4n) is 3.35. The number of halogens is 1. The molecule has 1 aromatic rings. The molecule has 1 aliphatic heterocycles. The highest BCUT2D eigenvalue weighted by Gasteiger charge is 2.25. The fraction of sp³-hybridized carbons (Fsp3) is 0.682. The Bertz CT molecular complexity index is 464. The van der Waals surface area contributed by atoms with Crippen molar-refractivity contribution in [2.45, 2.75) is 84.0 Å². The Kier molecular flexibility index (Phi) is 13.2. The van der Waals surface area contributed by atoms with Crippen LogP contribution < -0.4 is 21.9 Å². The predicted octanol–water partition coefficient (Wildman–Crippen LogP) is 3.29. The number of nitrogens with zero attached hydrogens (tertiary/aromatic N) is 3. The van der Waals surface area contributed by atoms with Gasteiger partial charge in [0.2, 0.25) is 0 Å². The second-order valence-electron chi connectivity index (χ2n) is 7.22.